The highest BCUT2D eigenvalue weighted by atomic mass is 19.1. The number of halogens is 1. The number of amides is 1. The van der Waals surface area contributed by atoms with Gasteiger partial charge in [-0.05, 0) is 36.4 Å². The van der Waals surface area contributed by atoms with Gasteiger partial charge in [0.2, 0.25) is 11.7 Å². The average molecular weight is 428 g/mol. The van der Waals surface area contributed by atoms with Crippen molar-refractivity contribution in [1.82, 2.24) is 9.78 Å². The van der Waals surface area contributed by atoms with E-state index >= 15 is 0 Å². The number of hydrogen-bond acceptors (Lipinski definition) is 7. The lowest BCUT2D eigenvalue weighted by atomic mass is 10.1. The molecule has 0 saturated carbocycles. The third-order valence-corrected chi connectivity index (χ3v) is 4.27. The molecule has 0 aliphatic rings. The maximum Gasteiger partial charge on any atom is 0.306 e. The van der Waals surface area contributed by atoms with Crippen LogP contribution in [0, 0.1) is 15.9 Å². The van der Waals surface area contributed by atoms with E-state index in [0.29, 0.717) is 22.8 Å². The third kappa shape index (κ3) is 4.83. The van der Waals surface area contributed by atoms with Gasteiger partial charge < -0.3 is 14.8 Å². The molecule has 3 aromatic rings. The summed E-state index contributed by atoms with van der Waals surface area (Å²) in [6.07, 6.45) is 0. The van der Waals surface area contributed by atoms with E-state index in [2.05, 4.69) is 10.4 Å². The first-order valence-corrected chi connectivity index (χ1v) is 8.86. The van der Waals surface area contributed by atoms with Gasteiger partial charge in [-0.2, -0.15) is 9.49 Å². The Kier molecular flexibility index (Phi) is 6.24. The van der Waals surface area contributed by atoms with Gasteiger partial charge in [-0.1, -0.05) is 0 Å². The molecule has 1 N–H and O–H groups in total. The molecule has 0 radical (unpaired) electrons. The fourth-order valence-corrected chi connectivity index (χ4v) is 2.78. The largest absolute Gasteiger partial charge is 0.493 e. The summed E-state index contributed by atoms with van der Waals surface area (Å²) in [5.74, 6) is -0.703. The van der Waals surface area contributed by atoms with E-state index in [1.54, 1.807) is 18.2 Å². The number of hydrogen-bond donors (Lipinski definition) is 1. The molecule has 11 heteroatoms. The quantitative estimate of drug-likeness (QED) is 0.453. The van der Waals surface area contributed by atoms with Gasteiger partial charge in [-0.15, -0.1) is 0 Å². The predicted molar refractivity (Wildman–Crippen MR) is 109 cm³/mol. The first-order valence-electron chi connectivity index (χ1n) is 8.86. The molecule has 1 amide bonds. The molecule has 2 aromatic carbocycles. The van der Waals surface area contributed by atoms with Crippen molar-refractivity contribution in [2.75, 3.05) is 19.5 Å². The molecule has 1 heterocycles. The molecule has 160 valence electrons. The molecule has 10 nitrogen and oxygen atoms in total. The van der Waals surface area contributed by atoms with Gasteiger partial charge in [0.1, 0.15) is 6.54 Å². The Bertz CT molecular complexity index is 1210. The molecule has 0 unspecified atom stereocenters. The second-order valence-electron chi connectivity index (χ2n) is 6.26. The predicted octanol–water partition coefficient (Wildman–Crippen LogP) is 2.61. The Morgan fingerprint density at radius 1 is 1.13 bits per heavy atom. The van der Waals surface area contributed by atoms with Gasteiger partial charge in [0.25, 0.3) is 5.56 Å². The zero-order chi connectivity index (χ0) is 22.5. The van der Waals surface area contributed by atoms with Gasteiger partial charge in [0.05, 0.1) is 24.8 Å². The fourth-order valence-electron chi connectivity index (χ4n) is 2.78. The summed E-state index contributed by atoms with van der Waals surface area (Å²) in [7, 11) is 2.99. The number of nitrogens with zero attached hydrogens (tertiary/aromatic N) is 3. The summed E-state index contributed by atoms with van der Waals surface area (Å²) in [5.41, 5.74) is -0.248. The molecule has 0 bridgehead atoms. The Labute approximate surface area is 175 Å². The molecule has 0 aliphatic heterocycles. The average Bonchev–Trinajstić information content (AvgIpc) is 2.75. The van der Waals surface area contributed by atoms with Crippen LogP contribution in [0.1, 0.15) is 0 Å². The van der Waals surface area contributed by atoms with Crippen molar-refractivity contribution >= 4 is 17.3 Å². The number of anilines is 1. The highest BCUT2D eigenvalue weighted by Crippen LogP contribution is 2.31. The first kappa shape index (κ1) is 21.4. The number of methoxy groups -OCH3 is 2. The lowest BCUT2D eigenvalue weighted by Crippen LogP contribution is -2.29. The van der Waals surface area contributed by atoms with Crippen LogP contribution in [-0.4, -0.2) is 34.8 Å². The number of nitrogens with one attached hydrogen (secondary N) is 1. The van der Waals surface area contributed by atoms with Crippen LogP contribution in [0.2, 0.25) is 0 Å². The summed E-state index contributed by atoms with van der Waals surface area (Å²) in [5, 5.41) is 17.4. The van der Waals surface area contributed by atoms with E-state index < -0.39 is 34.4 Å². The van der Waals surface area contributed by atoms with Gasteiger partial charge in [0, 0.05) is 23.4 Å². The van der Waals surface area contributed by atoms with Crippen LogP contribution in [0.15, 0.2) is 53.3 Å². The maximum absolute atomic E-state index is 13.4. The van der Waals surface area contributed by atoms with Gasteiger partial charge >= 0.3 is 5.69 Å². The van der Waals surface area contributed by atoms with E-state index in [0.717, 1.165) is 16.8 Å². The number of nitro benzene ring substituents is 1. The zero-order valence-corrected chi connectivity index (χ0v) is 16.5. The normalized spacial score (nSPS) is 10.4. The molecule has 3 rings (SSSR count). The van der Waals surface area contributed by atoms with E-state index in [1.807, 2.05) is 0 Å². The molecule has 1 aromatic heterocycles. The number of nitro groups is 1. The molecular formula is C20H17FN4O6. The molecule has 31 heavy (non-hydrogen) atoms. The number of benzene rings is 2. The molecule has 0 atom stereocenters. The topological polar surface area (TPSA) is 126 Å². The second kappa shape index (κ2) is 9.03. The monoisotopic (exact) mass is 428 g/mol. The van der Waals surface area contributed by atoms with E-state index in [1.165, 1.54) is 32.4 Å². The molecule has 0 saturated heterocycles. The Balaban J connectivity index is 1.83. The third-order valence-electron chi connectivity index (χ3n) is 4.27. The highest BCUT2D eigenvalue weighted by molar-refractivity contribution is 5.90. The number of carbonyl (C=O) groups is 1. The van der Waals surface area contributed by atoms with Gasteiger partial charge in [-0.25, -0.2) is 4.68 Å². The summed E-state index contributed by atoms with van der Waals surface area (Å²) >= 11 is 0. The number of aromatic nitrogens is 2. The highest BCUT2D eigenvalue weighted by Gasteiger charge is 2.16. The van der Waals surface area contributed by atoms with Crippen molar-refractivity contribution in [3.05, 3.63) is 74.8 Å². The summed E-state index contributed by atoms with van der Waals surface area (Å²) < 4.78 is 24.8. The molecule has 0 fully saturated rings. The van der Waals surface area contributed by atoms with Gasteiger partial charge in [0.15, 0.2) is 11.5 Å². The van der Waals surface area contributed by atoms with Crippen LogP contribution in [0.25, 0.3) is 11.3 Å². The van der Waals surface area contributed by atoms with Crippen LogP contribution in [-0.2, 0) is 11.3 Å². The van der Waals surface area contributed by atoms with E-state index in [-0.39, 0.29) is 5.69 Å². The van der Waals surface area contributed by atoms with Crippen molar-refractivity contribution in [2.45, 2.75) is 6.54 Å². The Morgan fingerprint density at radius 3 is 2.55 bits per heavy atom. The first-order chi connectivity index (χ1) is 14.8. The lowest BCUT2D eigenvalue weighted by Gasteiger charge is -2.11. The lowest BCUT2D eigenvalue weighted by molar-refractivity contribution is -0.387. The number of ether oxygens (including phenoxy) is 2. The molecule has 0 spiro atoms. The SMILES string of the molecule is COc1ccc(-c2ccc(=O)n(CC(=O)Nc3ccc(F)c([N+](=O)[O-])c3)n2)cc1OC. The minimum Gasteiger partial charge on any atom is -0.493 e. The van der Waals surface area contributed by atoms with Crippen LogP contribution < -0.4 is 20.3 Å². The van der Waals surface area contributed by atoms with Crippen molar-refractivity contribution < 1.29 is 23.6 Å². The second-order valence-corrected chi connectivity index (χ2v) is 6.26. The number of rotatable bonds is 7. The summed E-state index contributed by atoms with van der Waals surface area (Å²) in [4.78, 5) is 34.4. The number of carbonyl (C=O) groups excluding carboxylic acids is 1. The van der Waals surface area contributed by atoms with Gasteiger partial charge in [-0.3, -0.25) is 19.7 Å². The summed E-state index contributed by atoms with van der Waals surface area (Å²) in [6, 6.07) is 10.8. The van der Waals surface area contributed by atoms with Crippen molar-refractivity contribution in [2.24, 2.45) is 0 Å². The van der Waals surface area contributed by atoms with Crippen LogP contribution >= 0.6 is 0 Å². The Hall–Kier alpha value is -4.28. The molecule has 0 aliphatic carbocycles. The molecular weight excluding hydrogens is 411 g/mol. The Morgan fingerprint density at radius 2 is 1.87 bits per heavy atom. The van der Waals surface area contributed by atoms with Crippen LogP contribution in [0.4, 0.5) is 15.8 Å². The maximum atomic E-state index is 13.4. The van der Waals surface area contributed by atoms with E-state index in [9.17, 15) is 24.1 Å². The minimum atomic E-state index is -1.02. The smallest absolute Gasteiger partial charge is 0.306 e. The van der Waals surface area contributed by atoms with Crippen LogP contribution in [0.3, 0.4) is 0 Å². The van der Waals surface area contributed by atoms with Crippen molar-refractivity contribution in [3.8, 4) is 22.8 Å². The minimum absolute atomic E-state index is 0.0159. The van der Waals surface area contributed by atoms with E-state index in [4.69, 9.17) is 9.47 Å². The summed E-state index contributed by atoms with van der Waals surface area (Å²) in [6.45, 7) is -0.453. The van der Waals surface area contributed by atoms with Crippen molar-refractivity contribution in [1.29, 1.82) is 0 Å². The van der Waals surface area contributed by atoms with Crippen LogP contribution in [0.5, 0.6) is 11.5 Å². The fraction of sp³-hybridized carbons (Fsp3) is 0.150. The zero-order valence-electron chi connectivity index (χ0n) is 16.5. The standard InChI is InChI=1S/C20H17FN4O6/c1-30-17-7-3-12(9-18(17)31-2)15-6-8-20(27)24(23-15)11-19(26)22-13-4-5-14(21)16(10-13)25(28)29/h3-10H,11H2,1-2H3,(H,22,26). The van der Waals surface area contributed by atoms with Crippen molar-refractivity contribution in [3.63, 3.8) is 0 Å².